The van der Waals surface area contributed by atoms with Crippen molar-refractivity contribution in [1.29, 1.82) is 0 Å². The summed E-state index contributed by atoms with van der Waals surface area (Å²) in [6.45, 7) is 0. The minimum absolute atomic E-state index is 0.794. The molecule has 2 aromatic rings. The molecule has 0 aliphatic heterocycles. The maximum absolute atomic E-state index is 5.34. The van der Waals surface area contributed by atoms with Crippen molar-refractivity contribution in [2.75, 3.05) is 7.11 Å². The SMILES string of the molecule is COc1c(Br)cnc2c(Br)cc(Br)cc12. The molecule has 1 aromatic carbocycles. The Morgan fingerprint density at radius 2 is 1.87 bits per heavy atom. The van der Waals surface area contributed by atoms with Crippen LogP contribution in [0.25, 0.3) is 10.9 Å². The van der Waals surface area contributed by atoms with E-state index in [0.717, 1.165) is 30.1 Å². The zero-order valence-electron chi connectivity index (χ0n) is 7.72. The molecule has 0 aliphatic carbocycles. The Morgan fingerprint density at radius 3 is 2.53 bits per heavy atom. The largest absolute Gasteiger partial charge is 0.495 e. The molecular formula is C10H6Br3NO. The fraction of sp³-hybridized carbons (Fsp3) is 0.100. The average Bonchev–Trinajstić information content (AvgIpc) is 2.17. The third-order valence-corrected chi connectivity index (χ3v) is 3.63. The van der Waals surface area contributed by atoms with E-state index in [2.05, 4.69) is 52.8 Å². The number of fused-ring (bicyclic) bond motifs is 1. The van der Waals surface area contributed by atoms with Crippen molar-refractivity contribution >= 4 is 58.7 Å². The van der Waals surface area contributed by atoms with Crippen LogP contribution in [0.2, 0.25) is 0 Å². The predicted octanol–water partition coefficient (Wildman–Crippen LogP) is 4.53. The third kappa shape index (κ3) is 2.05. The van der Waals surface area contributed by atoms with Crippen LogP contribution in [-0.2, 0) is 0 Å². The number of hydrogen-bond donors (Lipinski definition) is 0. The van der Waals surface area contributed by atoms with E-state index in [-0.39, 0.29) is 0 Å². The van der Waals surface area contributed by atoms with Gasteiger partial charge in [-0.1, -0.05) is 15.9 Å². The van der Waals surface area contributed by atoms with Gasteiger partial charge in [0.1, 0.15) is 5.75 Å². The Hall–Kier alpha value is -0.130. The molecule has 0 amide bonds. The molecule has 0 radical (unpaired) electrons. The van der Waals surface area contributed by atoms with Crippen LogP contribution in [0.15, 0.2) is 31.7 Å². The lowest BCUT2D eigenvalue weighted by molar-refractivity contribution is 0.417. The molecule has 1 aromatic heterocycles. The van der Waals surface area contributed by atoms with Gasteiger partial charge in [-0.15, -0.1) is 0 Å². The Balaban J connectivity index is 2.91. The number of ether oxygens (including phenoxy) is 1. The second-order valence-corrected chi connectivity index (χ2v) is 5.55. The van der Waals surface area contributed by atoms with Gasteiger partial charge >= 0.3 is 0 Å². The predicted molar refractivity (Wildman–Crippen MR) is 71.4 cm³/mol. The van der Waals surface area contributed by atoms with Crippen LogP contribution in [0.3, 0.4) is 0 Å². The molecule has 78 valence electrons. The highest BCUT2D eigenvalue weighted by molar-refractivity contribution is 9.11. The lowest BCUT2D eigenvalue weighted by Crippen LogP contribution is -1.89. The van der Waals surface area contributed by atoms with Crippen LogP contribution in [0.4, 0.5) is 0 Å². The zero-order valence-corrected chi connectivity index (χ0v) is 12.5. The van der Waals surface area contributed by atoms with Crippen LogP contribution in [0, 0.1) is 0 Å². The summed E-state index contributed by atoms with van der Waals surface area (Å²) >= 11 is 10.3. The topological polar surface area (TPSA) is 22.1 Å². The summed E-state index contributed by atoms with van der Waals surface area (Å²) in [7, 11) is 1.65. The first kappa shape index (κ1) is 11.4. The van der Waals surface area contributed by atoms with Crippen LogP contribution >= 0.6 is 47.8 Å². The van der Waals surface area contributed by atoms with E-state index >= 15 is 0 Å². The van der Waals surface area contributed by atoms with Gasteiger partial charge in [-0.05, 0) is 44.0 Å². The first-order valence-electron chi connectivity index (χ1n) is 4.10. The molecule has 15 heavy (non-hydrogen) atoms. The maximum atomic E-state index is 5.34. The minimum Gasteiger partial charge on any atom is -0.495 e. The van der Waals surface area contributed by atoms with E-state index < -0.39 is 0 Å². The fourth-order valence-corrected chi connectivity index (χ4v) is 3.19. The Morgan fingerprint density at radius 1 is 1.13 bits per heavy atom. The molecule has 0 spiro atoms. The summed E-state index contributed by atoms with van der Waals surface area (Å²) in [6.07, 6.45) is 1.74. The van der Waals surface area contributed by atoms with Crippen molar-refractivity contribution < 1.29 is 4.74 Å². The monoisotopic (exact) mass is 393 g/mol. The molecule has 2 rings (SSSR count). The molecule has 2 nitrogen and oxygen atoms in total. The van der Waals surface area contributed by atoms with Gasteiger partial charge in [0.25, 0.3) is 0 Å². The molecule has 5 heteroatoms. The Bertz CT molecular complexity index is 528. The van der Waals surface area contributed by atoms with Gasteiger partial charge in [0, 0.05) is 20.5 Å². The molecular weight excluding hydrogens is 390 g/mol. The number of halogens is 3. The van der Waals surface area contributed by atoms with Gasteiger partial charge in [0.2, 0.25) is 0 Å². The summed E-state index contributed by atoms with van der Waals surface area (Å²) < 4.78 is 8.12. The van der Waals surface area contributed by atoms with Crippen molar-refractivity contribution in [2.45, 2.75) is 0 Å². The van der Waals surface area contributed by atoms with Crippen molar-refractivity contribution in [1.82, 2.24) is 4.98 Å². The number of hydrogen-bond acceptors (Lipinski definition) is 2. The summed E-state index contributed by atoms with van der Waals surface area (Å²) in [5, 5.41) is 0.966. The van der Waals surface area contributed by atoms with Crippen LogP contribution in [0.5, 0.6) is 5.75 Å². The van der Waals surface area contributed by atoms with Crippen molar-refractivity contribution in [3.8, 4) is 5.75 Å². The minimum atomic E-state index is 0.794. The van der Waals surface area contributed by atoms with E-state index in [1.807, 2.05) is 12.1 Å². The van der Waals surface area contributed by atoms with E-state index in [4.69, 9.17) is 4.74 Å². The van der Waals surface area contributed by atoms with Gasteiger partial charge in [-0.2, -0.15) is 0 Å². The molecule has 0 unspecified atom stereocenters. The van der Waals surface area contributed by atoms with Crippen molar-refractivity contribution in [3.63, 3.8) is 0 Å². The summed E-state index contributed by atoms with van der Waals surface area (Å²) in [5.74, 6) is 0.794. The van der Waals surface area contributed by atoms with Gasteiger partial charge in [0.05, 0.1) is 17.1 Å². The molecule has 0 fully saturated rings. The van der Waals surface area contributed by atoms with Crippen molar-refractivity contribution in [2.24, 2.45) is 0 Å². The van der Waals surface area contributed by atoms with Crippen LogP contribution in [-0.4, -0.2) is 12.1 Å². The lowest BCUT2D eigenvalue weighted by atomic mass is 10.2. The van der Waals surface area contributed by atoms with E-state index in [1.54, 1.807) is 13.3 Å². The number of aromatic nitrogens is 1. The van der Waals surface area contributed by atoms with E-state index in [0.29, 0.717) is 0 Å². The number of pyridine rings is 1. The van der Waals surface area contributed by atoms with E-state index in [1.165, 1.54) is 0 Å². The number of rotatable bonds is 1. The molecule has 0 saturated heterocycles. The highest BCUT2D eigenvalue weighted by atomic mass is 79.9. The molecule has 0 atom stereocenters. The Kier molecular flexibility index (Phi) is 3.33. The van der Waals surface area contributed by atoms with Gasteiger partial charge in [-0.25, -0.2) is 0 Å². The molecule has 0 bridgehead atoms. The maximum Gasteiger partial charge on any atom is 0.144 e. The normalized spacial score (nSPS) is 10.7. The van der Waals surface area contributed by atoms with Crippen molar-refractivity contribution in [3.05, 3.63) is 31.7 Å². The fourth-order valence-electron chi connectivity index (χ4n) is 1.39. The number of methoxy groups -OCH3 is 1. The van der Waals surface area contributed by atoms with Gasteiger partial charge < -0.3 is 4.74 Å². The second kappa shape index (κ2) is 4.39. The number of nitrogens with zero attached hydrogens (tertiary/aromatic N) is 1. The lowest BCUT2D eigenvalue weighted by Gasteiger charge is -2.08. The summed E-state index contributed by atoms with van der Waals surface area (Å²) in [6, 6.07) is 3.94. The number of benzene rings is 1. The van der Waals surface area contributed by atoms with Gasteiger partial charge in [0.15, 0.2) is 0 Å². The third-order valence-electron chi connectivity index (χ3n) is 2.00. The first-order chi connectivity index (χ1) is 7.13. The summed E-state index contributed by atoms with van der Waals surface area (Å²) in [4.78, 5) is 4.34. The molecule has 0 N–H and O–H groups in total. The average molecular weight is 396 g/mol. The highest BCUT2D eigenvalue weighted by Gasteiger charge is 2.10. The molecule has 0 saturated carbocycles. The second-order valence-electron chi connectivity index (χ2n) is 2.92. The first-order valence-corrected chi connectivity index (χ1v) is 6.48. The molecule has 0 aliphatic rings. The van der Waals surface area contributed by atoms with Crippen LogP contribution < -0.4 is 4.74 Å². The highest BCUT2D eigenvalue weighted by Crippen LogP contribution is 2.36. The van der Waals surface area contributed by atoms with Crippen LogP contribution in [0.1, 0.15) is 0 Å². The molecule has 1 heterocycles. The standard InChI is InChI=1S/C10H6Br3NO/c1-15-10-6-2-5(11)3-7(12)9(6)14-4-8(10)13/h2-4H,1H3. The Labute approximate surface area is 112 Å². The smallest absolute Gasteiger partial charge is 0.144 e. The quantitative estimate of drug-likeness (QED) is 0.707. The van der Waals surface area contributed by atoms with Gasteiger partial charge in [-0.3, -0.25) is 4.98 Å². The zero-order chi connectivity index (χ0) is 11.0. The summed E-state index contributed by atoms with van der Waals surface area (Å²) in [5.41, 5.74) is 0.887. The van der Waals surface area contributed by atoms with E-state index in [9.17, 15) is 0 Å².